The molecule has 1 N–H and O–H groups in total. The van der Waals surface area contributed by atoms with E-state index in [-0.39, 0.29) is 12.5 Å². The highest BCUT2D eigenvalue weighted by Crippen LogP contribution is 2.24. The standard InChI is InChI=1S/C13H16F2N2O2S/c1-20(19)6-2-5-17-12(18)8-16-13(17)9-3-4-10(14)11(15)7-9/h3-4,7,13,16H,2,5-6,8H2,1H3. The zero-order valence-corrected chi connectivity index (χ0v) is 11.9. The molecule has 1 aliphatic rings. The predicted molar refractivity (Wildman–Crippen MR) is 72.4 cm³/mol. The molecule has 1 fully saturated rings. The molecule has 0 bridgehead atoms. The lowest BCUT2D eigenvalue weighted by atomic mass is 10.1. The van der Waals surface area contributed by atoms with Gasteiger partial charge in [0.2, 0.25) is 5.91 Å². The molecule has 2 unspecified atom stereocenters. The van der Waals surface area contributed by atoms with Crippen molar-refractivity contribution < 1.29 is 17.8 Å². The Bertz CT molecular complexity index is 539. The van der Waals surface area contributed by atoms with Gasteiger partial charge in [0, 0.05) is 29.4 Å². The molecule has 0 aliphatic carbocycles. The second-order valence-electron chi connectivity index (χ2n) is 4.67. The van der Waals surface area contributed by atoms with Gasteiger partial charge in [-0.2, -0.15) is 0 Å². The molecule has 7 heteroatoms. The molecule has 0 radical (unpaired) electrons. The topological polar surface area (TPSA) is 49.4 Å². The summed E-state index contributed by atoms with van der Waals surface area (Å²) >= 11 is 0. The van der Waals surface area contributed by atoms with E-state index in [1.807, 2.05) is 0 Å². The largest absolute Gasteiger partial charge is 0.322 e. The van der Waals surface area contributed by atoms with Crippen LogP contribution in [0.3, 0.4) is 0 Å². The molecule has 1 saturated heterocycles. The van der Waals surface area contributed by atoms with Gasteiger partial charge in [0.05, 0.1) is 6.54 Å². The molecule has 2 rings (SSSR count). The molecular weight excluding hydrogens is 286 g/mol. The number of rotatable bonds is 5. The average Bonchev–Trinajstić information content (AvgIpc) is 2.74. The van der Waals surface area contributed by atoms with Crippen molar-refractivity contribution in [2.45, 2.75) is 12.6 Å². The number of halogens is 2. The van der Waals surface area contributed by atoms with Crippen LogP contribution in [0.4, 0.5) is 8.78 Å². The van der Waals surface area contributed by atoms with Crippen LogP contribution < -0.4 is 5.32 Å². The smallest absolute Gasteiger partial charge is 0.238 e. The number of nitrogens with one attached hydrogen (secondary N) is 1. The van der Waals surface area contributed by atoms with Crippen molar-refractivity contribution in [2.24, 2.45) is 0 Å². The fourth-order valence-corrected chi connectivity index (χ4v) is 2.75. The van der Waals surface area contributed by atoms with Gasteiger partial charge in [0.15, 0.2) is 11.6 Å². The first-order chi connectivity index (χ1) is 9.49. The van der Waals surface area contributed by atoms with Crippen LogP contribution in [-0.4, -0.2) is 40.1 Å². The molecular formula is C13H16F2N2O2S. The van der Waals surface area contributed by atoms with E-state index in [2.05, 4.69) is 5.32 Å². The van der Waals surface area contributed by atoms with Gasteiger partial charge in [-0.05, 0) is 24.1 Å². The minimum Gasteiger partial charge on any atom is -0.322 e. The maximum Gasteiger partial charge on any atom is 0.238 e. The number of hydrogen-bond acceptors (Lipinski definition) is 3. The van der Waals surface area contributed by atoms with Gasteiger partial charge in [-0.3, -0.25) is 14.3 Å². The van der Waals surface area contributed by atoms with Gasteiger partial charge >= 0.3 is 0 Å². The summed E-state index contributed by atoms with van der Waals surface area (Å²) in [5, 5.41) is 2.97. The van der Waals surface area contributed by atoms with Crippen molar-refractivity contribution in [1.29, 1.82) is 0 Å². The lowest BCUT2D eigenvalue weighted by molar-refractivity contribution is -0.128. The number of benzene rings is 1. The molecule has 110 valence electrons. The molecule has 0 spiro atoms. The molecule has 0 saturated carbocycles. The average molecular weight is 302 g/mol. The summed E-state index contributed by atoms with van der Waals surface area (Å²) in [7, 11) is -0.907. The Morgan fingerprint density at radius 1 is 1.40 bits per heavy atom. The summed E-state index contributed by atoms with van der Waals surface area (Å²) in [4.78, 5) is 13.4. The number of carbonyl (C=O) groups excluding carboxylic acids is 1. The maximum absolute atomic E-state index is 13.3. The quantitative estimate of drug-likeness (QED) is 0.888. The van der Waals surface area contributed by atoms with Crippen LogP contribution >= 0.6 is 0 Å². The minimum absolute atomic E-state index is 0.0957. The Morgan fingerprint density at radius 3 is 2.80 bits per heavy atom. The molecule has 20 heavy (non-hydrogen) atoms. The lowest BCUT2D eigenvalue weighted by Crippen LogP contribution is -2.32. The van der Waals surface area contributed by atoms with Gasteiger partial charge in [0.1, 0.15) is 6.17 Å². The van der Waals surface area contributed by atoms with Crippen LogP contribution in [0.2, 0.25) is 0 Å². The maximum atomic E-state index is 13.3. The summed E-state index contributed by atoms with van der Waals surface area (Å²) in [6.07, 6.45) is 1.76. The number of carbonyl (C=O) groups is 1. The normalized spacial score (nSPS) is 20.4. The van der Waals surface area contributed by atoms with Crippen LogP contribution in [0, 0.1) is 11.6 Å². The number of nitrogens with zero attached hydrogens (tertiary/aromatic N) is 1. The van der Waals surface area contributed by atoms with E-state index >= 15 is 0 Å². The van der Waals surface area contributed by atoms with Crippen molar-refractivity contribution >= 4 is 16.7 Å². The van der Waals surface area contributed by atoms with Crippen molar-refractivity contribution in [3.8, 4) is 0 Å². The fraction of sp³-hybridized carbons (Fsp3) is 0.462. The van der Waals surface area contributed by atoms with Gasteiger partial charge < -0.3 is 4.90 Å². The van der Waals surface area contributed by atoms with E-state index in [0.717, 1.165) is 12.1 Å². The van der Waals surface area contributed by atoms with Crippen LogP contribution in [0.15, 0.2) is 18.2 Å². The van der Waals surface area contributed by atoms with Crippen molar-refractivity contribution in [1.82, 2.24) is 10.2 Å². The van der Waals surface area contributed by atoms with E-state index in [4.69, 9.17) is 0 Å². The SMILES string of the molecule is CS(=O)CCCN1C(=O)CNC1c1ccc(F)c(F)c1. The minimum atomic E-state index is -0.932. The molecule has 1 aliphatic heterocycles. The highest BCUT2D eigenvalue weighted by atomic mass is 32.2. The number of amides is 1. The van der Waals surface area contributed by atoms with Crippen molar-refractivity contribution in [3.05, 3.63) is 35.4 Å². The van der Waals surface area contributed by atoms with Gasteiger partial charge in [0.25, 0.3) is 0 Å². The first-order valence-corrected chi connectivity index (χ1v) is 7.99. The molecule has 4 nitrogen and oxygen atoms in total. The second kappa shape index (κ2) is 6.41. The summed E-state index contributed by atoms with van der Waals surface area (Å²) in [6.45, 7) is 0.605. The summed E-state index contributed by atoms with van der Waals surface area (Å²) < 4.78 is 37.2. The Morgan fingerprint density at radius 2 is 2.15 bits per heavy atom. The fourth-order valence-electron chi connectivity index (χ4n) is 2.21. The van der Waals surface area contributed by atoms with Gasteiger partial charge in [-0.25, -0.2) is 8.78 Å². The van der Waals surface area contributed by atoms with Crippen molar-refractivity contribution in [3.63, 3.8) is 0 Å². The third-order valence-corrected chi connectivity index (χ3v) is 4.03. The summed E-state index contributed by atoms with van der Waals surface area (Å²) in [5.74, 6) is -1.43. The first kappa shape index (κ1) is 15.1. The van der Waals surface area contributed by atoms with Crippen LogP contribution in [0.25, 0.3) is 0 Å². The Hall–Kier alpha value is -1.34. The van der Waals surface area contributed by atoms with Crippen molar-refractivity contribution in [2.75, 3.05) is 25.1 Å². The second-order valence-corrected chi connectivity index (χ2v) is 6.23. The molecule has 0 aromatic heterocycles. The van der Waals surface area contributed by atoms with E-state index in [1.165, 1.54) is 6.07 Å². The third kappa shape index (κ3) is 3.40. The van der Waals surface area contributed by atoms with Crippen LogP contribution in [0.1, 0.15) is 18.2 Å². The monoisotopic (exact) mass is 302 g/mol. The van der Waals surface area contributed by atoms with E-state index in [9.17, 15) is 17.8 Å². The van der Waals surface area contributed by atoms with Crippen LogP contribution in [-0.2, 0) is 15.6 Å². The molecule has 1 aromatic rings. The Kier molecular flexibility index (Phi) is 4.82. The van der Waals surface area contributed by atoms with Crippen LogP contribution in [0.5, 0.6) is 0 Å². The zero-order valence-electron chi connectivity index (χ0n) is 11.1. The highest BCUT2D eigenvalue weighted by Gasteiger charge is 2.31. The zero-order chi connectivity index (χ0) is 14.7. The van der Waals surface area contributed by atoms with E-state index in [1.54, 1.807) is 11.2 Å². The third-order valence-electron chi connectivity index (χ3n) is 3.17. The lowest BCUT2D eigenvalue weighted by Gasteiger charge is -2.24. The van der Waals surface area contributed by atoms with Gasteiger partial charge in [-0.15, -0.1) is 0 Å². The molecule has 1 heterocycles. The first-order valence-electron chi connectivity index (χ1n) is 6.27. The van der Waals surface area contributed by atoms with E-state index < -0.39 is 28.6 Å². The highest BCUT2D eigenvalue weighted by molar-refractivity contribution is 7.84. The Balaban J connectivity index is 2.10. The predicted octanol–water partition coefficient (Wildman–Crippen LogP) is 1.16. The summed E-state index contributed by atoms with van der Waals surface area (Å²) in [6, 6.07) is 3.60. The summed E-state index contributed by atoms with van der Waals surface area (Å²) in [5.41, 5.74) is 0.507. The molecule has 2 atom stereocenters. The van der Waals surface area contributed by atoms with E-state index in [0.29, 0.717) is 24.3 Å². The molecule has 1 amide bonds. The molecule has 1 aromatic carbocycles. The number of hydrogen-bond donors (Lipinski definition) is 1. The van der Waals surface area contributed by atoms with Gasteiger partial charge in [-0.1, -0.05) is 6.07 Å². The Labute approximate surface area is 118 Å².